The second-order valence-electron chi connectivity index (χ2n) is 4.32. The third kappa shape index (κ3) is 4.55. The number of halogens is 2. The van der Waals surface area contributed by atoms with Crippen LogP contribution in [-0.2, 0) is 0 Å². The minimum Gasteiger partial charge on any atom is -0.493 e. The van der Waals surface area contributed by atoms with Gasteiger partial charge in [-0.25, -0.2) is 0 Å². The molecule has 4 heteroatoms. The molecule has 21 heavy (non-hydrogen) atoms. The van der Waals surface area contributed by atoms with E-state index in [1.54, 1.807) is 24.3 Å². The highest BCUT2D eigenvalue weighted by Gasteiger charge is 2.04. The van der Waals surface area contributed by atoms with E-state index in [2.05, 4.69) is 31.9 Å². The maximum Gasteiger partial charge on any atom is 0.185 e. The van der Waals surface area contributed by atoms with Gasteiger partial charge in [0.1, 0.15) is 5.75 Å². The van der Waals surface area contributed by atoms with Gasteiger partial charge in [-0.3, -0.25) is 4.79 Å². The van der Waals surface area contributed by atoms with Crippen molar-refractivity contribution in [2.24, 2.45) is 0 Å². The fourth-order valence-electron chi connectivity index (χ4n) is 1.81. The van der Waals surface area contributed by atoms with Crippen molar-refractivity contribution in [3.05, 3.63) is 68.6 Å². The summed E-state index contributed by atoms with van der Waals surface area (Å²) in [5.41, 5.74) is 1.53. The number of rotatable bonds is 5. The van der Waals surface area contributed by atoms with Crippen molar-refractivity contribution in [2.75, 3.05) is 6.61 Å². The van der Waals surface area contributed by atoms with Crippen LogP contribution in [0.1, 0.15) is 22.8 Å². The van der Waals surface area contributed by atoms with Crippen LogP contribution in [0.15, 0.2) is 57.5 Å². The second kappa shape index (κ2) is 7.57. The molecule has 0 aliphatic heterocycles. The number of benzene rings is 2. The van der Waals surface area contributed by atoms with E-state index in [-0.39, 0.29) is 5.78 Å². The lowest BCUT2D eigenvalue weighted by molar-refractivity contribution is 0.104. The lowest BCUT2D eigenvalue weighted by Crippen LogP contribution is -1.95. The van der Waals surface area contributed by atoms with Gasteiger partial charge in [-0.2, -0.15) is 0 Å². The minimum absolute atomic E-state index is 0.0371. The number of ketones is 1. The van der Waals surface area contributed by atoms with Crippen molar-refractivity contribution in [1.82, 2.24) is 0 Å². The van der Waals surface area contributed by atoms with Gasteiger partial charge < -0.3 is 4.74 Å². The Labute approximate surface area is 141 Å². The first-order valence-electron chi connectivity index (χ1n) is 6.50. The molecule has 0 N–H and O–H groups in total. The molecular weight excluding hydrogens is 396 g/mol. The predicted molar refractivity (Wildman–Crippen MR) is 92.8 cm³/mol. The molecule has 0 aliphatic carbocycles. The van der Waals surface area contributed by atoms with Crippen LogP contribution in [-0.4, -0.2) is 12.4 Å². The topological polar surface area (TPSA) is 26.3 Å². The molecule has 0 aromatic heterocycles. The average Bonchev–Trinajstić information content (AvgIpc) is 2.48. The van der Waals surface area contributed by atoms with Gasteiger partial charge >= 0.3 is 0 Å². The van der Waals surface area contributed by atoms with E-state index in [9.17, 15) is 4.79 Å². The van der Waals surface area contributed by atoms with Crippen LogP contribution in [0.4, 0.5) is 0 Å². The van der Waals surface area contributed by atoms with Gasteiger partial charge in [0.2, 0.25) is 0 Å². The van der Waals surface area contributed by atoms with Gasteiger partial charge in [0, 0.05) is 20.1 Å². The Bertz CT molecular complexity index is 661. The summed E-state index contributed by atoms with van der Waals surface area (Å²) < 4.78 is 7.45. The maximum absolute atomic E-state index is 12.1. The summed E-state index contributed by atoms with van der Waals surface area (Å²) in [7, 11) is 0. The molecule has 0 amide bonds. The van der Waals surface area contributed by atoms with Gasteiger partial charge in [0.05, 0.1) is 6.61 Å². The number of hydrogen-bond acceptors (Lipinski definition) is 2. The molecule has 0 saturated carbocycles. The lowest BCUT2D eigenvalue weighted by atomic mass is 10.1. The van der Waals surface area contributed by atoms with Gasteiger partial charge in [-0.15, -0.1) is 0 Å². The van der Waals surface area contributed by atoms with Gasteiger partial charge in [0.25, 0.3) is 0 Å². The molecule has 0 saturated heterocycles. The van der Waals surface area contributed by atoms with Crippen molar-refractivity contribution in [3.63, 3.8) is 0 Å². The Balaban J connectivity index is 2.22. The molecule has 0 fully saturated rings. The number of ether oxygens (including phenoxy) is 1. The average molecular weight is 410 g/mol. The molecule has 108 valence electrons. The van der Waals surface area contributed by atoms with Crippen molar-refractivity contribution in [1.29, 1.82) is 0 Å². The third-order valence-electron chi connectivity index (χ3n) is 2.81. The molecule has 0 bridgehead atoms. The van der Waals surface area contributed by atoms with E-state index in [0.29, 0.717) is 12.2 Å². The minimum atomic E-state index is -0.0371. The van der Waals surface area contributed by atoms with E-state index in [0.717, 1.165) is 20.3 Å². The molecule has 2 aromatic carbocycles. The highest BCUT2D eigenvalue weighted by molar-refractivity contribution is 9.10. The van der Waals surface area contributed by atoms with Crippen molar-refractivity contribution < 1.29 is 9.53 Å². The van der Waals surface area contributed by atoms with Crippen LogP contribution < -0.4 is 4.74 Å². The smallest absolute Gasteiger partial charge is 0.185 e. The van der Waals surface area contributed by atoms with Gasteiger partial charge in [-0.1, -0.05) is 31.9 Å². The first-order chi connectivity index (χ1) is 10.1. The maximum atomic E-state index is 12.1. The standard InChI is InChI=1S/C17H14Br2O2/c1-2-21-17-10-8-15(19)11-13(17)5-9-16(20)12-3-6-14(18)7-4-12/h3-11H,2H2,1H3/b9-5+. The summed E-state index contributed by atoms with van der Waals surface area (Å²) >= 11 is 6.78. The molecule has 0 spiro atoms. The van der Waals surface area contributed by atoms with Gasteiger partial charge in [-0.05, 0) is 61.5 Å². The van der Waals surface area contributed by atoms with Crippen LogP contribution >= 0.6 is 31.9 Å². The van der Waals surface area contributed by atoms with Crippen LogP contribution in [0.25, 0.3) is 6.08 Å². The van der Waals surface area contributed by atoms with Crippen molar-refractivity contribution in [2.45, 2.75) is 6.92 Å². The molecular formula is C17H14Br2O2. The highest BCUT2D eigenvalue weighted by atomic mass is 79.9. The zero-order valence-electron chi connectivity index (χ0n) is 11.5. The van der Waals surface area contributed by atoms with Crippen LogP contribution in [0, 0.1) is 0 Å². The summed E-state index contributed by atoms with van der Waals surface area (Å²) in [6, 6.07) is 13.0. The molecule has 0 radical (unpaired) electrons. The number of allylic oxidation sites excluding steroid dienone is 1. The first kappa shape index (κ1) is 16.0. The molecule has 2 nitrogen and oxygen atoms in total. The summed E-state index contributed by atoms with van der Waals surface area (Å²) in [5, 5.41) is 0. The zero-order valence-corrected chi connectivity index (χ0v) is 14.6. The van der Waals surface area contributed by atoms with E-state index < -0.39 is 0 Å². The van der Waals surface area contributed by atoms with Crippen LogP contribution in [0.3, 0.4) is 0 Å². The molecule has 0 aliphatic rings. The largest absolute Gasteiger partial charge is 0.493 e. The monoisotopic (exact) mass is 408 g/mol. The van der Waals surface area contributed by atoms with Crippen LogP contribution in [0.2, 0.25) is 0 Å². The zero-order chi connectivity index (χ0) is 15.2. The molecule has 0 atom stereocenters. The van der Waals surface area contributed by atoms with Crippen molar-refractivity contribution in [3.8, 4) is 5.75 Å². The Hall–Kier alpha value is -1.39. The van der Waals surface area contributed by atoms with E-state index in [1.165, 1.54) is 0 Å². The summed E-state index contributed by atoms with van der Waals surface area (Å²) in [4.78, 5) is 12.1. The quantitative estimate of drug-likeness (QED) is 0.481. The Morgan fingerprint density at radius 2 is 1.76 bits per heavy atom. The van der Waals surface area contributed by atoms with E-state index in [1.807, 2.05) is 37.3 Å². The van der Waals surface area contributed by atoms with E-state index in [4.69, 9.17) is 4.74 Å². The fourth-order valence-corrected chi connectivity index (χ4v) is 2.46. The summed E-state index contributed by atoms with van der Waals surface area (Å²) in [6.45, 7) is 2.52. The normalized spacial score (nSPS) is 10.8. The van der Waals surface area contributed by atoms with Gasteiger partial charge in [0.15, 0.2) is 5.78 Å². The number of hydrogen-bond donors (Lipinski definition) is 0. The highest BCUT2D eigenvalue weighted by Crippen LogP contribution is 2.24. The lowest BCUT2D eigenvalue weighted by Gasteiger charge is -2.07. The first-order valence-corrected chi connectivity index (χ1v) is 8.09. The molecule has 0 unspecified atom stereocenters. The summed E-state index contributed by atoms with van der Waals surface area (Å²) in [5.74, 6) is 0.727. The molecule has 2 rings (SSSR count). The Morgan fingerprint density at radius 1 is 1.10 bits per heavy atom. The number of carbonyl (C=O) groups is 1. The SMILES string of the molecule is CCOc1ccc(Br)cc1/C=C/C(=O)c1ccc(Br)cc1. The second-order valence-corrected chi connectivity index (χ2v) is 6.15. The molecule has 0 heterocycles. The molecule has 2 aromatic rings. The summed E-state index contributed by atoms with van der Waals surface area (Å²) in [6.07, 6.45) is 3.34. The Morgan fingerprint density at radius 3 is 2.43 bits per heavy atom. The van der Waals surface area contributed by atoms with Crippen LogP contribution in [0.5, 0.6) is 5.75 Å². The van der Waals surface area contributed by atoms with Crippen molar-refractivity contribution >= 4 is 43.7 Å². The fraction of sp³-hybridized carbons (Fsp3) is 0.118. The Kier molecular flexibility index (Phi) is 5.76. The number of carbonyl (C=O) groups excluding carboxylic acids is 1. The van der Waals surface area contributed by atoms with E-state index >= 15 is 0 Å². The predicted octanol–water partition coefficient (Wildman–Crippen LogP) is 5.51. The third-order valence-corrected chi connectivity index (χ3v) is 3.84.